The van der Waals surface area contributed by atoms with E-state index in [0.29, 0.717) is 43.3 Å². The number of carbonyl (C=O) groups excluding carboxylic acids is 1. The van der Waals surface area contributed by atoms with E-state index in [4.69, 9.17) is 11.6 Å². The Morgan fingerprint density at radius 1 is 1.25 bits per heavy atom. The summed E-state index contributed by atoms with van der Waals surface area (Å²) >= 11 is 5.92. The van der Waals surface area contributed by atoms with Crippen LogP contribution in [0.5, 0.6) is 0 Å². The van der Waals surface area contributed by atoms with E-state index in [0.717, 1.165) is 0 Å². The molecule has 7 nitrogen and oxygen atoms in total. The molecule has 2 aliphatic rings. The third-order valence-electron chi connectivity index (χ3n) is 5.78. The summed E-state index contributed by atoms with van der Waals surface area (Å²) < 4.78 is 26.8. The molecule has 0 aromatic heterocycles. The van der Waals surface area contributed by atoms with E-state index >= 15 is 0 Å². The van der Waals surface area contributed by atoms with Crippen LogP contribution in [0.4, 0.5) is 0 Å². The van der Waals surface area contributed by atoms with Crippen molar-refractivity contribution in [1.82, 2.24) is 14.1 Å². The maximum absolute atomic E-state index is 13.0. The molecule has 1 aromatic carbocycles. The van der Waals surface area contributed by atoms with Crippen LogP contribution >= 0.6 is 11.6 Å². The highest BCUT2D eigenvalue weighted by Gasteiger charge is 2.48. The molecule has 0 spiro atoms. The maximum Gasteiger partial charge on any atom is 0.253 e. The SMILES string of the molecule is CC(C)S(=O)(=O)N1CCN2C(CN(C(=O)c3ccc(Cl)cc3)CC2(C)CO)C1. The van der Waals surface area contributed by atoms with Crippen LogP contribution in [-0.4, -0.2) is 89.7 Å². The van der Waals surface area contributed by atoms with Crippen molar-refractivity contribution < 1.29 is 18.3 Å². The third kappa shape index (κ3) is 3.93. The smallest absolute Gasteiger partial charge is 0.253 e. The molecule has 2 unspecified atom stereocenters. The number of piperazine rings is 2. The molecule has 156 valence electrons. The lowest BCUT2D eigenvalue weighted by Gasteiger charge is -2.55. The summed E-state index contributed by atoms with van der Waals surface area (Å²) in [4.78, 5) is 16.9. The summed E-state index contributed by atoms with van der Waals surface area (Å²) in [6.45, 7) is 7.24. The van der Waals surface area contributed by atoms with Gasteiger partial charge in [-0.05, 0) is 45.0 Å². The highest BCUT2D eigenvalue weighted by Crippen LogP contribution is 2.30. The number of halogens is 1. The molecule has 0 bridgehead atoms. The number of amides is 1. The summed E-state index contributed by atoms with van der Waals surface area (Å²) in [6, 6.07) is 6.55. The topological polar surface area (TPSA) is 81.2 Å². The first-order chi connectivity index (χ1) is 13.1. The largest absolute Gasteiger partial charge is 0.394 e. The highest BCUT2D eigenvalue weighted by atomic mass is 35.5. The standard InChI is InChI=1S/C19H28ClN3O4S/c1-14(2)28(26,27)22-8-9-23-17(11-22)10-21(12-19(23,3)13-24)18(25)15-4-6-16(20)7-5-15/h4-7,14,17,24H,8-13H2,1-3H3. The summed E-state index contributed by atoms with van der Waals surface area (Å²) in [5.74, 6) is -0.139. The Bertz CT molecular complexity index is 830. The fraction of sp³-hybridized carbons (Fsp3) is 0.632. The summed E-state index contributed by atoms with van der Waals surface area (Å²) in [7, 11) is -3.36. The molecule has 1 N–H and O–H groups in total. The zero-order valence-electron chi connectivity index (χ0n) is 16.5. The number of hydrogen-bond donors (Lipinski definition) is 1. The summed E-state index contributed by atoms with van der Waals surface area (Å²) in [6.07, 6.45) is 0. The number of fused-ring (bicyclic) bond motifs is 1. The second-order valence-electron chi connectivity index (χ2n) is 8.15. The minimum atomic E-state index is -3.36. The van der Waals surface area contributed by atoms with E-state index in [1.807, 2.05) is 6.92 Å². The van der Waals surface area contributed by atoms with E-state index in [1.165, 1.54) is 4.31 Å². The van der Waals surface area contributed by atoms with E-state index in [-0.39, 0.29) is 18.6 Å². The van der Waals surface area contributed by atoms with Gasteiger partial charge >= 0.3 is 0 Å². The molecule has 0 saturated carbocycles. The van der Waals surface area contributed by atoms with Gasteiger partial charge in [-0.1, -0.05) is 11.6 Å². The van der Waals surface area contributed by atoms with Crippen molar-refractivity contribution in [3.8, 4) is 0 Å². The van der Waals surface area contributed by atoms with Crippen molar-refractivity contribution in [3.63, 3.8) is 0 Å². The van der Waals surface area contributed by atoms with Crippen LogP contribution in [0.2, 0.25) is 5.02 Å². The molecular weight excluding hydrogens is 402 g/mol. The summed E-state index contributed by atoms with van der Waals surface area (Å²) in [5, 5.41) is 10.2. The Hall–Kier alpha value is -1.19. The Morgan fingerprint density at radius 3 is 2.46 bits per heavy atom. The van der Waals surface area contributed by atoms with Crippen molar-refractivity contribution >= 4 is 27.5 Å². The lowest BCUT2D eigenvalue weighted by atomic mass is 9.91. The fourth-order valence-corrected chi connectivity index (χ4v) is 5.55. The van der Waals surface area contributed by atoms with Gasteiger partial charge in [0.15, 0.2) is 0 Å². The molecule has 1 aromatic rings. The van der Waals surface area contributed by atoms with E-state index in [2.05, 4.69) is 4.90 Å². The quantitative estimate of drug-likeness (QED) is 0.779. The van der Waals surface area contributed by atoms with Crippen LogP contribution in [0.25, 0.3) is 0 Å². The molecular formula is C19H28ClN3O4S. The number of hydrogen-bond acceptors (Lipinski definition) is 5. The van der Waals surface area contributed by atoms with Crippen molar-refractivity contribution in [2.45, 2.75) is 37.6 Å². The zero-order chi connectivity index (χ0) is 20.7. The van der Waals surface area contributed by atoms with E-state index < -0.39 is 20.8 Å². The first-order valence-corrected chi connectivity index (χ1v) is 11.4. The molecule has 0 aliphatic carbocycles. The number of rotatable bonds is 4. The second-order valence-corrected chi connectivity index (χ2v) is 11.1. The van der Waals surface area contributed by atoms with E-state index in [1.54, 1.807) is 43.0 Å². The first kappa shape index (κ1) is 21.5. The van der Waals surface area contributed by atoms with Gasteiger partial charge in [0.1, 0.15) is 0 Å². The van der Waals surface area contributed by atoms with Crippen LogP contribution < -0.4 is 0 Å². The van der Waals surface area contributed by atoms with Gasteiger partial charge in [0.2, 0.25) is 10.0 Å². The van der Waals surface area contributed by atoms with Crippen LogP contribution in [0, 0.1) is 0 Å². The molecule has 9 heteroatoms. The average molecular weight is 430 g/mol. The fourth-order valence-electron chi connectivity index (χ4n) is 4.11. The molecule has 1 amide bonds. The Kier molecular flexibility index (Phi) is 6.08. The van der Waals surface area contributed by atoms with Crippen LogP contribution in [0.15, 0.2) is 24.3 Å². The molecule has 28 heavy (non-hydrogen) atoms. The lowest BCUT2D eigenvalue weighted by Crippen LogP contribution is -2.72. The maximum atomic E-state index is 13.0. The van der Waals surface area contributed by atoms with Gasteiger partial charge < -0.3 is 10.0 Å². The first-order valence-electron chi connectivity index (χ1n) is 9.50. The lowest BCUT2D eigenvalue weighted by molar-refractivity contribution is -0.0725. The molecule has 0 radical (unpaired) electrons. The molecule has 2 atom stereocenters. The molecule has 2 saturated heterocycles. The number of carbonyl (C=O) groups is 1. The van der Waals surface area contributed by atoms with Crippen LogP contribution in [0.1, 0.15) is 31.1 Å². The van der Waals surface area contributed by atoms with Crippen molar-refractivity contribution in [1.29, 1.82) is 0 Å². The Morgan fingerprint density at radius 2 is 1.89 bits per heavy atom. The number of aliphatic hydroxyl groups is 1. The number of benzene rings is 1. The van der Waals surface area contributed by atoms with Gasteiger partial charge in [0, 0.05) is 49.4 Å². The minimum Gasteiger partial charge on any atom is -0.394 e. The van der Waals surface area contributed by atoms with Gasteiger partial charge in [-0.3, -0.25) is 9.69 Å². The average Bonchev–Trinajstić information content (AvgIpc) is 2.67. The number of aliphatic hydroxyl groups excluding tert-OH is 1. The molecule has 3 rings (SSSR count). The molecule has 2 heterocycles. The van der Waals surface area contributed by atoms with Crippen molar-refractivity contribution in [3.05, 3.63) is 34.9 Å². The Balaban J connectivity index is 1.85. The normalized spacial score (nSPS) is 27.1. The monoisotopic (exact) mass is 429 g/mol. The number of nitrogens with zero attached hydrogens (tertiary/aromatic N) is 3. The predicted molar refractivity (Wildman–Crippen MR) is 109 cm³/mol. The van der Waals surface area contributed by atoms with Crippen molar-refractivity contribution in [2.24, 2.45) is 0 Å². The molecule has 2 aliphatic heterocycles. The number of sulfonamides is 1. The summed E-state index contributed by atoms with van der Waals surface area (Å²) in [5.41, 5.74) is -0.0841. The van der Waals surface area contributed by atoms with Gasteiger partial charge in [-0.15, -0.1) is 0 Å². The van der Waals surface area contributed by atoms with Gasteiger partial charge in [0.25, 0.3) is 5.91 Å². The minimum absolute atomic E-state index is 0.106. The zero-order valence-corrected chi connectivity index (χ0v) is 18.1. The predicted octanol–water partition coefficient (Wildman–Crippen LogP) is 1.27. The van der Waals surface area contributed by atoms with Gasteiger partial charge in [-0.25, -0.2) is 8.42 Å². The second kappa shape index (κ2) is 7.91. The van der Waals surface area contributed by atoms with E-state index in [9.17, 15) is 18.3 Å². The van der Waals surface area contributed by atoms with Gasteiger partial charge in [0.05, 0.1) is 17.4 Å². The van der Waals surface area contributed by atoms with Gasteiger partial charge in [-0.2, -0.15) is 4.31 Å². The van der Waals surface area contributed by atoms with Crippen LogP contribution in [-0.2, 0) is 10.0 Å². The highest BCUT2D eigenvalue weighted by molar-refractivity contribution is 7.89. The third-order valence-corrected chi connectivity index (χ3v) is 8.27. The molecule has 2 fully saturated rings. The Labute approximate surface area is 171 Å². The van der Waals surface area contributed by atoms with Crippen LogP contribution in [0.3, 0.4) is 0 Å². The van der Waals surface area contributed by atoms with Crippen molar-refractivity contribution in [2.75, 3.05) is 39.3 Å².